The van der Waals surface area contributed by atoms with Gasteiger partial charge in [0.05, 0.1) is 12.1 Å². The lowest BCUT2D eigenvalue weighted by atomic mass is 10.1. The molecule has 1 rings (SSSR count). The van der Waals surface area contributed by atoms with Gasteiger partial charge in [-0.05, 0) is 19.1 Å². The molecule has 8 heteroatoms. The second kappa shape index (κ2) is 6.55. The van der Waals surface area contributed by atoms with E-state index >= 15 is 0 Å². The van der Waals surface area contributed by atoms with Crippen molar-refractivity contribution >= 4 is 5.96 Å². The molecule has 1 aromatic rings. The van der Waals surface area contributed by atoms with Crippen molar-refractivity contribution in [3.8, 4) is 0 Å². The summed E-state index contributed by atoms with van der Waals surface area (Å²) in [5, 5.41) is 2.65. The molecule has 0 aromatic heterocycles. The van der Waals surface area contributed by atoms with E-state index in [2.05, 4.69) is 16.9 Å². The van der Waals surface area contributed by atoms with Gasteiger partial charge in [-0.15, -0.1) is 0 Å². The lowest BCUT2D eigenvalue weighted by Crippen LogP contribution is -2.32. The summed E-state index contributed by atoms with van der Waals surface area (Å²) in [4.78, 5) is 3.71. The quantitative estimate of drug-likeness (QED) is 0.389. The molecule has 0 bridgehead atoms. The monoisotopic (exact) mass is 307 g/mol. The van der Waals surface area contributed by atoms with E-state index in [1.165, 1.54) is 0 Å². The molecule has 0 heterocycles. The van der Waals surface area contributed by atoms with Gasteiger partial charge in [-0.1, -0.05) is 12.2 Å². The van der Waals surface area contributed by atoms with Crippen molar-refractivity contribution in [3.63, 3.8) is 0 Å². The van der Waals surface area contributed by atoms with Crippen molar-refractivity contribution in [3.05, 3.63) is 47.0 Å². The van der Waals surface area contributed by atoms with Gasteiger partial charge in [0.25, 0.3) is 0 Å². The fraction of sp³-hybridized carbons (Fsp3) is 0.308. The van der Waals surface area contributed by atoms with Crippen LogP contribution in [0.4, 0.5) is 22.0 Å². The molecule has 0 fully saturated rings. The lowest BCUT2D eigenvalue weighted by molar-refractivity contribution is -0.140. The Kier molecular flexibility index (Phi) is 5.28. The molecule has 3 nitrogen and oxygen atoms in total. The number of alkyl halides is 3. The molecule has 0 saturated heterocycles. The Balaban J connectivity index is 2.88. The van der Waals surface area contributed by atoms with Crippen molar-refractivity contribution in [2.24, 2.45) is 10.7 Å². The molecule has 0 aliphatic carbocycles. The van der Waals surface area contributed by atoms with Crippen LogP contribution < -0.4 is 11.1 Å². The topological polar surface area (TPSA) is 50.4 Å². The fourth-order valence-corrected chi connectivity index (χ4v) is 1.39. The maximum Gasteiger partial charge on any atom is 0.419 e. The molecule has 116 valence electrons. The minimum Gasteiger partial charge on any atom is -0.370 e. The maximum atomic E-state index is 13.5. The van der Waals surface area contributed by atoms with E-state index in [0.29, 0.717) is 12.6 Å². The van der Waals surface area contributed by atoms with E-state index in [-0.39, 0.29) is 24.1 Å². The maximum absolute atomic E-state index is 13.5. The number of aliphatic imine (C=N–C) groups is 1. The van der Waals surface area contributed by atoms with Crippen molar-refractivity contribution in [2.75, 3.05) is 6.54 Å². The van der Waals surface area contributed by atoms with Crippen molar-refractivity contribution in [1.29, 1.82) is 0 Å². The van der Waals surface area contributed by atoms with Gasteiger partial charge in [-0.3, -0.25) is 0 Å². The van der Waals surface area contributed by atoms with E-state index < -0.39 is 23.4 Å². The smallest absolute Gasteiger partial charge is 0.370 e. The van der Waals surface area contributed by atoms with Gasteiger partial charge in [0.2, 0.25) is 0 Å². The first-order chi connectivity index (χ1) is 9.61. The molecule has 0 unspecified atom stereocenters. The fourth-order valence-electron chi connectivity index (χ4n) is 1.39. The van der Waals surface area contributed by atoms with Crippen LogP contribution in [0, 0.1) is 11.6 Å². The lowest BCUT2D eigenvalue weighted by Gasteiger charge is -2.10. The Bertz CT molecular complexity index is 564. The molecule has 0 radical (unpaired) electrons. The summed E-state index contributed by atoms with van der Waals surface area (Å²) < 4.78 is 64.0. The van der Waals surface area contributed by atoms with Gasteiger partial charge in [0, 0.05) is 12.1 Å². The summed E-state index contributed by atoms with van der Waals surface area (Å²) in [6.45, 7) is 5.32. The highest BCUT2D eigenvalue weighted by atomic mass is 19.4. The van der Waals surface area contributed by atoms with Gasteiger partial charge >= 0.3 is 6.18 Å². The van der Waals surface area contributed by atoms with Crippen molar-refractivity contribution in [1.82, 2.24) is 5.32 Å². The summed E-state index contributed by atoms with van der Waals surface area (Å²) in [6, 6.07) is 0.575. The molecule has 3 N–H and O–H groups in total. The Morgan fingerprint density at radius 1 is 1.29 bits per heavy atom. The summed E-state index contributed by atoms with van der Waals surface area (Å²) in [5.74, 6) is -2.79. The second-order valence-corrected chi connectivity index (χ2v) is 4.43. The van der Waals surface area contributed by atoms with Gasteiger partial charge in [-0.2, -0.15) is 13.2 Å². The first kappa shape index (κ1) is 16.9. The van der Waals surface area contributed by atoms with Crippen LogP contribution >= 0.6 is 0 Å². The second-order valence-electron chi connectivity index (χ2n) is 4.43. The minimum absolute atomic E-state index is 0.0438. The van der Waals surface area contributed by atoms with Crippen LogP contribution in [0.25, 0.3) is 0 Å². The third kappa shape index (κ3) is 5.05. The molecule has 0 spiro atoms. The van der Waals surface area contributed by atoms with Crippen LogP contribution in [0.15, 0.2) is 29.3 Å². The average molecular weight is 307 g/mol. The Labute approximate surface area is 118 Å². The number of nitrogens with one attached hydrogen (secondary N) is 1. The van der Waals surface area contributed by atoms with Crippen LogP contribution in [0.2, 0.25) is 0 Å². The van der Waals surface area contributed by atoms with Gasteiger partial charge in [0.15, 0.2) is 5.96 Å². The summed E-state index contributed by atoms with van der Waals surface area (Å²) in [5.41, 5.74) is 4.27. The number of nitrogens with zero attached hydrogens (tertiary/aromatic N) is 1. The molecule has 0 aliphatic rings. The van der Waals surface area contributed by atoms with Crippen molar-refractivity contribution in [2.45, 2.75) is 19.6 Å². The van der Waals surface area contributed by atoms with Crippen LogP contribution in [0.1, 0.15) is 18.1 Å². The number of nitrogens with two attached hydrogens (primary N) is 1. The van der Waals surface area contributed by atoms with E-state index in [9.17, 15) is 22.0 Å². The number of hydrogen-bond acceptors (Lipinski definition) is 1. The SMILES string of the molecule is C=C(C)CNC(N)=NCc1cc(F)c(C(F)(F)F)cc1F. The van der Waals surface area contributed by atoms with E-state index in [0.717, 1.165) is 5.57 Å². The van der Waals surface area contributed by atoms with E-state index in [1.54, 1.807) is 6.92 Å². The number of benzene rings is 1. The number of guanidine groups is 1. The van der Waals surface area contributed by atoms with E-state index in [1.807, 2.05) is 0 Å². The minimum atomic E-state index is -4.95. The van der Waals surface area contributed by atoms with Crippen LogP contribution in [0.3, 0.4) is 0 Å². The largest absolute Gasteiger partial charge is 0.419 e. The standard InChI is InChI=1S/C13H14F5N3/c1-7(2)5-20-12(19)21-6-8-3-11(15)9(4-10(8)14)13(16,17)18/h3-4H,1,5-6H2,2H3,(H3,19,20,21). The molecule has 21 heavy (non-hydrogen) atoms. The predicted octanol–water partition coefficient (Wildman–Crippen LogP) is 2.96. The zero-order chi connectivity index (χ0) is 16.2. The third-order valence-electron chi connectivity index (χ3n) is 2.43. The van der Waals surface area contributed by atoms with Crippen LogP contribution in [-0.2, 0) is 12.7 Å². The molecule has 0 atom stereocenters. The highest BCUT2D eigenvalue weighted by molar-refractivity contribution is 5.78. The molecular formula is C13H14F5N3. The zero-order valence-corrected chi connectivity index (χ0v) is 11.2. The van der Waals surface area contributed by atoms with E-state index in [4.69, 9.17) is 5.73 Å². The van der Waals surface area contributed by atoms with Crippen molar-refractivity contribution < 1.29 is 22.0 Å². The summed E-state index contributed by atoms with van der Waals surface area (Å²) in [6.07, 6.45) is -4.95. The Morgan fingerprint density at radius 2 is 1.90 bits per heavy atom. The van der Waals surface area contributed by atoms with Gasteiger partial charge < -0.3 is 11.1 Å². The predicted molar refractivity (Wildman–Crippen MR) is 69.5 cm³/mol. The summed E-state index contributed by atoms with van der Waals surface area (Å²) >= 11 is 0. The first-order valence-electron chi connectivity index (χ1n) is 5.84. The Hall–Kier alpha value is -2.12. The summed E-state index contributed by atoms with van der Waals surface area (Å²) in [7, 11) is 0. The van der Waals surface area contributed by atoms with Gasteiger partial charge in [0.1, 0.15) is 11.6 Å². The molecule has 0 saturated carbocycles. The molecule has 1 aromatic carbocycles. The normalized spacial score (nSPS) is 12.4. The Morgan fingerprint density at radius 3 is 2.43 bits per heavy atom. The molecule has 0 amide bonds. The van der Waals surface area contributed by atoms with Crippen LogP contribution in [-0.4, -0.2) is 12.5 Å². The highest BCUT2D eigenvalue weighted by Crippen LogP contribution is 2.32. The van der Waals surface area contributed by atoms with Crippen LogP contribution in [0.5, 0.6) is 0 Å². The molecular weight excluding hydrogens is 293 g/mol. The third-order valence-corrected chi connectivity index (χ3v) is 2.43. The highest BCUT2D eigenvalue weighted by Gasteiger charge is 2.35. The number of hydrogen-bond donors (Lipinski definition) is 2. The molecule has 0 aliphatic heterocycles. The number of halogens is 5. The average Bonchev–Trinajstić information content (AvgIpc) is 2.35. The zero-order valence-electron chi connectivity index (χ0n) is 11.2. The van der Waals surface area contributed by atoms with Gasteiger partial charge in [-0.25, -0.2) is 13.8 Å². The first-order valence-corrected chi connectivity index (χ1v) is 5.84. The number of rotatable bonds is 4.